The average molecular weight is 310 g/mol. The fourth-order valence-electron chi connectivity index (χ4n) is 1.61. The van der Waals surface area contributed by atoms with Gasteiger partial charge in [-0.2, -0.15) is 4.39 Å². The van der Waals surface area contributed by atoms with Crippen molar-refractivity contribution in [2.75, 3.05) is 5.32 Å². The molecule has 0 bridgehead atoms. The van der Waals surface area contributed by atoms with Gasteiger partial charge >= 0.3 is 11.8 Å². The van der Waals surface area contributed by atoms with Gasteiger partial charge in [-0.15, -0.1) is 0 Å². The number of anilines is 1. The third-order valence-electron chi connectivity index (χ3n) is 2.53. The number of carbonyl (C=O) groups is 1. The Hall–Kier alpha value is -3.23. The molecule has 2 rings (SSSR count). The smallest absolute Gasteiger partial charge is 0.409 e. The van der Waals surface area contributed by atoms with Gasteiger partial charge in [0, 0.05) is 18.2 Å². The minimum Gasteiger partial charge on any atom is -0.465 e. The fourth-order valence-corrected chi connectivity index (χ4v) is 1.61. The van der Waals surface area contributed by atoms with Crippen molar-refractivity contribution >= 4 is 17.5 Å². The molecule has 0 aliphatic heterocycles. The molecule has 0 heterocycles. The first-order chi connectivity index (χ1) is 10.4. The van der Waals surface area contributed by atoms with Gasteiger partial charge in [0.15, 0.2) is 5.82 Å². The number of nitrogens with zero attached hydrogens (tertiary/aromatic N) is 1. The molecule has 0 spiro atoms. The number of hydrogen-bond donors (Lipinski definition) is 2. The Morgan fingerprint density at radius 3 is 2.23 bits per heavy atom. The molecule has 0 radical (unpaired) electrons. The van der Waals surface area contributed by atoms with Crippen LogP contribution in [0.15, 0.2) is 36.4 Å². The minimum absolute atomic E-state index is 0.0262. The number of nitro benzene ring substituents is 1. The molecular formula is C13H8F2N2O5. The number of halogens is 2. The Balaban J connectivity index is 2.20. The third kappa shape index (κ3) is 3.45. The van der Waals surface area contributed by atoms with Crippen molar-refractivity contribution in [3.8, 4) is 11.5 Å². The highest BCUT2D eigenvalue weighted by Crippen LogP contribution is 2.28. The van der Waals surface area contributed by atoms with Crippen molar-refractivity contribution in [2.24, 2.45) is 0 Å². The van der Waals surface area contributed by atoms with Gasteiger partial charge in [-0.05, 0) is 18.2 Å². The fraction of sp³-hybridized carbons (Fsp3) is 0. The lowest BCUT2D eigenvalue weighted by Crippen LogP contribution is -2.08. The Bertz CT molecular complexity index is 751. The maximum Gasteiger partial charge on any atom is 0.409 e. The summed E-state index contributed by atoms with van der Waals surface area (Å²) in [7, 11) is 0. The molecule has 0 fully saturated rings. The van der Waals surface area contributed by atoms with Gasteiger partial charge in [0.1, 0.15) is 11.5 Å². The van der Waals surface area contributed by atoms with E-state index >= 15 is 0 Å². The molecule has 0 saturated carbocycles. The summed E-state index contributed by atoms with van der Waals surface area (Å²) in [5.74, 6) is -2.07. The molecule has 2 N–H and O–H groups in total. The van der Waals surface area contributed by atoms with Gasteiger partial charge in [-0.1, -0.05) is 0 Å². The summed E-state index contributed by atoms with van der Waals surface area (Å²) >= 11 is 0. The summed E-state index contributed by atoms with van der Waals surface area (Å²) in [5, 5.41) is 20.8. The SMILES string of the molecule is O=C(O)Nc1ccc(Oc2ccc([N+](=O)[O-])c(F)c2)cc1F. The highest BCUT2D eigenvalue weighted by atomic mass is 19.1. The Morgan fingerprint density at radius 1 is 1.14 bits per heavy atom. The Labute approximate surface area is 121 Å². The molecule has 2 aromatic carbocycles. The van der Waals surface area contributed by atoms with Crippen LogP contribution < -0.4 is 10.1 Å². The lowest BCUT2D eigenvalue weighted by Gasteiger charge is -2.08. The van der Waals surface area contributed by atoms with Crippen LogP contribution in [0, 0.1) is 21.7 Å². The van der Waals surface area contributed by atoms with Crippen LogP contribution in [0.2, 0.25) is 0 Å². The molecular weight excluding hydrogens is 302 g/mol. The molecule has 0 aliphatic rings. The number of amides is 1. The van der Waals surface area contributed by atoms with E-state index in [4.69, 9.17) is 9.84 Å². The monoisotopic (exact) mass is 310 g/mol. The molecule has 114 valence electrons. The van der Waals surface area contributed by atoms with E-state index in [0.29, 0.717) is 0 Å². The average Bonchev–Trinajstić information content (AvgIpc) is 2.41. The highest BCUT2D eigenvalue weighted by molar-refractivity contribution is 5.83. The van der Waals surface area contributed by atoms with Gasteiger partial charge < -0.3 is 9.84 Å². The van der Waals surface area contributed by atoms with Gasteiger partial charge in [0.25, 0.3) is 0 Å². The van der Waals surface area contributed by atoms with Crippen LogP contribution in [0.5, 0.6) is 11.5 Å². The van der Waals surface area contributed by atoms with Gasteiger partial charge in [0.05, 0.1) is 10.6 Å². The van der Waals surface area contributed by atoms with E-state index in [1.165, 1.54) is 6.07 Å². The van der Waals surface area contributed by atoms with Crippen molar-refractivity contribution in [1.82, 2.24) is 0 Å². The molecule has 0 unspecified atom stereocenters. The van der Waals surface area contributed by atoms with Gasteiger partial charge in [-0.25, -0.2) is 9.18 Å². The number of nitrogens with one attached hydrogen (secondary N) is 1. The van der Waals surface area contributed by atoms with Crippen LogP contribution in [0.3, 0.4) is 0 Å². The number of carboxylic acid groups (broad SMARTS) is 1. The summed E-state index contributed by atoms with van der Waals surface area (Å²) in [4.78, 5) is 20.0. The van der Waals surface area contributed by atoms with Crippen LogP contribution in [0.4, 0.5) is 25.0 Å². The maximum absolute atomic E-state index is 13.6. The second-order valence-electron chi connectivity index (χ2n) is 4.04. The number of hydrogen-bond acceptors (Lipinski definition) is 4. The maximum atomic E-state index is 13.6. The van der Waals surface area contributed by atoms with Crippen molar-refractivity contribution < 1.29 is 28.3 Å². The third-order valence-corrected chi connectivity index (χ3v) is 2.53. The van der Waals surface area contributed by atoms with E-state index in [2.05, 4.69) is 0 Å². The van der Waals surface area contributed by atoms with Gasteiger partial charge in [-0.3, -0.25) is 15.4 Å². The zero-order valence-corrected chi connectivity index (χ0v) is 10.7. The zero-order valence-electron chi connectivity index (χ0n) is 10.7. The standard InChI is InChI=1S/C13H8F2N2O5/c14-9-5-7(1-3-11(9)16-13(18)19)22-8-2-4-12(17(20)21)10(15)6-8/h1-6,16H,(H,18,19). The van der Waals surface area contributed by atoms with Crippen LogP contribution in [0.1, 0.15) is 0 Å². The van der Waals surface area contributed by atoms with Crippen molar-refractivity contribution in [3.05, 3.63) is 58.1 Å². The van der Waals surface area contributed by atoms with Gasteiger partial charge in [0.2, 0.25) is 5.82 Å². The van der Waals surface area contributed by atoms with E-state index in [1.54, 1.807) is 0 Å². The van der Waals surface area contributed by atoms with Crippen molar-refractivity contribution in [1.29, 1.82) is 0 Å². The second kappa shape index (κ2) is 6.04. The largest absolute Gasteiger partial charge is 0.465 e. The molecule has 0 saturated heterocycles. The molecule has 2 aromatic rings. The number of rotatable bonds is 4. The summed E-state index contributed by atoms with van der Waals surface area (Å²) in [5.41, 5.74) is -0.978. The Morgan fingerprint density at radius 2 is 1.73 bits per heavy atom. The zero-order chi connectivity index (χ0) is 16.3. The Kier molecular flexibility index (Phi) is 4.16. The minimum atomic E-state index is -1.43. The lowest BCUT2D eigenvalue weighted by atomic mass is 10.2. The van der Waals surface area contributed by atoms with Crippen LogP contribution in [-0.2, 0) is 0 Å². The normalized spacial score (nSPS) is 10.1. The lowest BCUT2D eigenvalue weighted by molar-refractivity contribution is -0.387. The number of ether oxygens (including phenoxy) is 1. The molecule has 0 aliphatic carbocycles. The summed E-state index contributed by atoms with van der Waals surface area (Å²) in [6.45, 7) is 0. The van der Waals surface area contributed by atoms with E-state index in [0.717, 1.165) is 30.3 Å². The number of benzene rings is 2. The van der Waals surface area contributed by atoms with Crippen LogP contribution in [-0.4, -0.2) is 16.1 Å². The summed E-state index contributed by atoms with van der Waals surface area (Å²) < 4.78 is 32.2. The molecule has 0 aromatic heterocycles. The molecule has 7 nitrogen and oxygen atoms in total. The topological polar surface area (TPSA) is 102 Å². The first-order valence-corrected chi connectivity index (χ1v) is 5.78. The summed E-state index contributed by atoms with van der Waals surface area (Å²) in [6.07, 6.45) is -1.43. The summed E-state index contributed by atoms with van der Waals surface area (Å²) in [6, 6.07) is 6.14. The van der Waals surface area contributed by atoms with E-state index in [9.17, 15) is 23.7 Å². The van der Waals surface area contributed by atoms with Crippen LogP contribution >= 0.6 is 0 Å². The molecule has 9 heteroatoms. The van der Waals surface area contributed by atoms with Crippen LogP contribution in [0.25, 0.3) is 0 Å². The first-order valence-electron chi connectivity index (χ1n) is 5.78. The second-order valence-corrected chi connectivity index (χ2v) is 4.04. The first kappa shape index (κ1) is 15.2. The van der Waals surface area contributed by atoms with Crippen molar-refractivity contribution in [3.63, 3.8) is 0 Å². The van der Waals surface area contributed by atoms with Crippen molar-refractivity contribution in [2.45, 2.75) is 0 Å². The number of nitro groups is 1. The van der Waals surface area contributed by atoms with E-state index < -0.39 is 28.3 Å². The molecule has 0 atom stereocenters. The predicted octanol–water partition coefficient (Wildman–Crippen LogP) is 3.76. The molecule has 22 heavy (non-hydrogen) atoms. The van der Waals surface area contributed by atoms with E-state index in [1.807, 2.05) is 5.32 Å². The molecule has 1 amide bonds. The van der Waals surface area contributed by atoms with E-state index in [-0.39, 0.29) is 17.2 Å². The highest BCUT2D eigenvalue weighted by Gasteiger charge is 2.15. The predicted molar refractivity (Wildman–Crippen MR) is 71.2 cm³/mol. The quantitative estimate of drug-likeness (QED) is 0.661.